The molecule has 2 heterocycles. The average Bonchev–Trinajstić information content (AvgIpc) is 2.92. The molecule has 2 fully saturated rings. The Morgan fingerprint density at radius 2 is 1.93 bits per heavy atom. The van der Waals surface area contributed by atoms with Crippen LogP contribution in [0.1, 0.15) is 6.42 Å². The van der Waals surface area contributed by atoms with Gasteiger partial charge < -0.3 is 30.1 Å². The van der Waals surface area contributed by atoms with Gasteiger partial charge in [0.1, 0.15) is 5.75 Å². The second kappa shape index (κ2) is 7.95. The third-order valence-electron chi connectivity index (χ3n) is 5.15. The Labute approximate surface area is 164 Å². The number of nitrogens with zero attached hydrogens (tertiary/aromatic N) is 3. The van der Waals surface area contributed by atoms with Crippen LogP contribution >= 0.6 is 0 Å². The van der Waals surface area contributed by atoms with Crippen LogP contribution in [0.2, 0.25) is 0 Å². The van der Waals surface area contributed by atoms with Gasteiger partial charge in [-0.2, -0.15) is 0 Å². The fourth-order valence-corrected chi connectivity index (χ4v) is 3.76. The van der Waals surface area contributed by atoms with E-state index in [4.69, 9.17) is 4.74 Å². The first kappa shape index (κ1) is 19.8. The van der Waals surface area contributed by atoms with Crippen molar-refractivity contribution >= 4 is 23.7 Å². The quantitative estimate of drug-likeness (QED) is 0.790. The largest absolute Gasteiger partial charge is 0.497 e. The van der Waals surface area contributed by atoms with E-state index >= 15 is 0 Å². The maximum absolute atomic E-state index is 12.9. The summed E-state index contributed by atoms with van der Waals surface area (Å²) in [5.74, 6) is 0.603. The monoisotopic (exact) mass is 389 g/mol. The first-order chi connectivity index (χ1) is 13.3. The van der Waals surface area contributed by atoms with Gasteiger partial charge in [-0.05, 0) is 12.1 Å². The average molecular weight is 389 g/mol. The topological polar surface area (TPSA) is 94.2 Å². The summed E-state index contributed by atoms with van der Waals surface area (Å²) in [5, 5.41) is 5.74. The number of hydrogen-bond donors (Lipinski definition) is 2. The van der Waals surface area contributed by atoms with Crippen molar-refractivity contribution in [3.05, 3.63) is 24.3 Å². The number of carbonyl (C=O) groups excluding carboxylic acids is 3. The van der Waals surface area contributed by atoms with E-state index in [1.165, 1.54) is 4.90 Å². The smallest absolute Gasteiger partial charge is 0.321 e. The fourth-order valence-electron chi connectivity index (χ4n) is 3.76. The minimum Gasteiger partial charge on any atom is -0.497 e. The van der Waals surface area contributed by atoms with E-state index in [0.29, 0.717) is 50.6 Å². The zero-order chi connectivity index (χ0) is 20.3. The lowest BCUT2D eigenvalue weighted by molar-refractivity contribution is -0.119. The molecule has 2 aliphatic rings. The molecular formula is C19H27N5O4. The molecule has 152 valence electrons. The lowest BCUT2D eigenvalue weighted by Crippen LogP contribution is -2.47. The van der Waals surface area contributed by atoms with Gasteiger partial charge in [0.25, 0.3) is 0 Å². The molecule has 9 nitrogen and oxygen atoms in total. The third-order valence-corrected chi connectivity index (χ3v) is 5.15. The summed E-state index contributed by atoms with van der Waals surface area (Å²) in [6.07, 6.45) is 0.299. The summed E-state index contributed by atoms with van der Waals surface area (Å²) < 4.78 is 5.19. The maximum atomic E-state index is 12.9. The van der Waals surface area contributed by atoms with Crippen molar-refractivity contribution in [2.45, 2.75) is 6.42 Å². The van der Waals surface area contributed by atoms with E-state index in [1.807, 2.05) is 0 Å². The van der Waals surface area contributed by atoms with E-state index in [1.54, 1.807) is 55.3 Å². The van der Waals surface area contributed by atoms with Crippen molar-refractivity contribution in [1.29, 1.82) is 0 Å². The molecule has 5 amide bonds. The number of benzene rings is 1. The zero-order valence-corrected chi connectivity index (χ0v) is 16.5. The highest BCUT2D eigenvalue weighted by atomic mass is 16.5. The van der Waals surface area contributed by atoms with Crippen LogP contribution < -0.4 is 15.4 Å². The number of urea groups is 2. The summed E-state index contributed by atoms with van der Waals surface area (Å²) in [5.41, 5.74) is 0.148. The van der Waals surface area contributed by atoms with Gasteiger partial charge in [0.2, 0.25) is 5.91 Å². The number of amides is 5. The Morgan fingerprint density at radius 1 is 1.21 bits per heavy atom. The maximum Gasteiger partial charge on any atom is 0.321 e. The van der Waals surface area contributed by atoms with Crippen LogP contribution in [0.25, 0.3) is 0 Å². The van der Waals surface area contributed by atoms with Gasteiger partial charge in [0.05, 0.1) is 7.11 Å². The first-order valence-electron chi connectivity index (χ1n) is 9.25. The number of anilines is 1. The van der Waals surface area contributed by atoms with Gasteiger partial charge in [-0.1, -0.05) is 6.07 Å². The summed E-state index contributed by atoms with van der Waals surface area (Å²) in [4.78, 5) is 42.3. The molecule has 1 aromatic rings. The fraction of sp³-hybridized carbons (Fsp3) is 0.526. The second-order valence-corrected chi connectivity index (χ2v) is 7.64. The number of methoxy groups -OCH3 is 1. The van der Waals surface area contributed by atoms with Gasteiger partial charge in [-0.25, -0.2) is 9.59 Å². The number of nitrogens with one attached hydrogen (secondary N) is 2. The molecule has 2 aliphatic heterocycles. The molecule has 9 heteroatoms. The molecule has 1 atom stereocenters. The summed E-state index contributed by atoms with van der Waals surface area (Å²) >= 11 is 0. The molecule has 0 aliphatic carbocycles. The van der Waals surface area contributed by atoms with Crippen molar-refractivity contribution in [2.75, 3.05) is 59.2 Å². The van der Waals surface area contributed by atoms with Crippen molar-refractivity contribution < 1.29 is 19.1 Å². The summed E-state index contributed by atoms with van der Waals surface area (Å²) in [7, 11) is 4.97. The molecular weight excluding hydrogens is 362 g/mol. The van der Waals surface area contributed by atoms with Crippen LogP contribution in [-0.4, -0.2) is 86.6 Å². The molecule has 2 N–H and O–H groups in total. The van der Waals surface area contributed by atoms with E-state index in [-0.39, 0.29) is 18.0 Å². The highest BCUT2D eigenvalue weighted by Crippen LogP contribution is 2.31. The third kappa shape index (κ3) is 4.29. The van der Waals surface area contributed by atoms with Gasteiger partial charge in [0, 0.05) is 70.4 Å². The van der Waals surface area contributed by atoms with E-state index in [2.05, 4.69) is 10.6 Å². The van der Waals surface area contributed by atoms with Gasteiger partial charge in [-0.3, -0.25) is 4.79 Å². The first-order valence-corrected chi connectivity index (χ1v) is 9.25. The van der Waals surface area contributed by atoms with Crippen LogP contribution in [0.3, 0.4) is 0 Å². The number of ether oxygens (including phenoxy) is 1. The van der Waals surface area contributed by atoms with Gasteiger partial charge in [0.15, 0.2) is 0 Å². The SMILES string of the molecule is COc1cccc(NC(=O)N2CCN(C(=O)N(C)C)C[C@]3(CNC(=O)C3)C2)c1. The molecule has 0 unspecified atom stereocenters. The number of carbonyl (C=O) groups is 3. The molecule has 0 radical (unpaired) electrons. The summed E-state index contributed by atoms with van der Waals surface area (Å²) in [6, 6.07) is 6.76. The lowest BCUT2D eigenvalue weighted by atomic mass is 9.86. The predicted octanol–water partition coefficient (Wildman–Crippen LogP) is 1.03. The highest BCUT2D eigenvalue weighted by Gasteiger charge is 2.45. The molecule has 0 bridgehead atoms. The van der Waals surface area contributed by atoms with Crippen LogP contribution in [0, 0.1) is 5.41 Å². The Hall–Kier alpha value is -2.97. The van der Waals surface area contributed by atoms with Crippen LogP contribution in [-0.2, 0) is 4.79 Å². The Kier molecular flexibility index (Phi) is 5.62. The molecule has 28 heavy (non-hydrogen) atoms. The van der Waals surface area contributed by atoms with Crippen molar-refractivity contribution in [2.24, 2.45) is 5.41 Å². The zero-order valence-electron chi connectivity index (χ0n) is 16.5. The second-order valence-electron chi connectivity index (χ2n) is 7.64. The molecule has 0 aromatic heterocycles. The highest BCUT2D eigenvalue weighted by molar-refractivity contribution is 5.90. The van der Waals surface area contributed by atoms with Gasteiger partial charge in [-0.15, -0.1) is 0 Å². The Morgan fingerprint density at radius 3 is 2.57 bits per heavy atom. The Bertz CT molecular complexity index is 768. The van der Waals surface area contributed by atoms with Crippen molar-refractivity contribution in [3.63, 3.8) is 0 Å². The van der Waals surface area contributed by atoms with Crippen LogP contribution in [0.15, 0.2) is 24.3 Å². The molecule has 1 aromatic carbocycles. The lowest BCUT2D eigenvalue weighted by Gasteiger charge is -2.33. The molecule has 0 saturated carbocycles. The van der Waals surface area contributed by atoms with Crippen LogP contribution in [0.5, 0.6) is 5.75 Å². The molecule has 2 saturated heterocycles. The van der Waals surface area contributed by atoms with Crippen molar-refractivity contribution in [1.82, 2.24) is 20.0 Å². The number of hydrogen-bond acceptors (Lipinski definition) is 4. The van der Waals surface area contributed by atoms with E-state index in [0.717, 1.165) is 0 Å². The number of rotatable bonds is 2. The van der Waals surface area contributed by atoms with Gasteiger partial charge >= 0.3 is 12.1 Å². The minimum absolute atomic E-state index is 0.0488. The standard InChI is InChI=1S/C19H27N5O4/c1-22(2)18(27)24-8-7-23(12-19(13-24)10-16(25)20-11-19)17(26)21-14-5-4-6-15(9-14)28-3/h4-6,9H,7-8,10-13H2,1-3H3,(H,20,25)(H,21,26)/t19-/m1/s1. The predicted molar refractivity (Wildman–Crippen MR) is 104 cm³/mol. The Balaban J connectivity index is 1.78. The van der Waals surface area contributed by atoms with Crippen LogP contribution in [0.4, 0.5) is 15.3 Å². The molecule has 1 spiro atoms. The summed E-state index contributed by atoms with van der Waals surface area (Å²) in [6.45, 7) is 2.10. The van der Waals surface area contributed by atoms with E-state index < -0.39 is 5.41 Å². The normalized spacial score (nSPS) is 21.9. The van der Waals surface area contributed by atoms with E-state index in [9.17, 15) is 14.4 Å². The van der Waals surface area contributed by atoms with Crippen molar-refractivity contribution in [3.8, 4) is 5.75 Å². The minimum atomic E-state index is -0.481. The molecule has 3 rings (SSSR count).